The van der Waals surface area contributed by atoms with Crippen molar-refractivity contribution in [2.45, 2.75) is 38.7 Å². The van der Waals surface area contributed by atoms with Gasteiger partial charge in [-0.2, -0.15) is 0 Å². The molecule has 23 heavy (non-hydrogen) atoms. The molecular weight excluding hydrogens is 292 g/mol. The average Bonchev–Trinajstić information content (AvgIpc) is 2.57. The van der Waals surface area contributed by atoms with Crippen molar-refractivity contribution < 1.29 is 14.3 Å². The molecule has 128 valence electrons. The van der Waals surface area contributed by atoms with Gasteiger partial charge in [-0.3, -0.25) is 4.79 Å². The first-order chi connectivity index (χ1) is 11.1. The number of benzene rings is 1. The molecule has 1 aromatic rings. The maximum absolute atomic E-state index is 12.6. The minimum absolute atomic E-state index is 0.00264. The second-order valence-electron chi connectivity index (χ2n) is 6.15. The standard InChI is InChI=1S/C18H28N2O3/c1-14-7-8-15(12-17(14)23-11-5-9-19)18(21)20(2)13-16-6-3-4-10-22-16/h7-8,12,16H,3-6,9-11,13,19H2,1-2H3/t16-/m1/s1. The number of hydrogen-bond donors (Lipinski definition) is 1. The first-order valence-electron chi connectivity index (χ1n) is 8.42. The Hall–Kier alpha value is -1.59. The van der Waals surface area contributed by atoms with E-state index in [4.69, 9.17) is 15.2 Å². The topological polar surface area (TPSA) is 64.8 Å². The van der Waals surface area contributed by atoms with E-state index in [1.165, 1.54) is 6.42 Å². The lowest BCUT2D eigenvalue weighted by atomic mass is 10.1. The molecule has 1 heterocycles. The molecule has 5 nitrogen and oxygen atoms in total. The predicted octanol–water partition coefficient (Wildman–Crippen LogP) is 2.36. The van der Waals surface area contributed by atoms with E-state index in [1.807, 2.05) is 32.2 Å². The normalized spacial score (nSPS) is 17.8. The molecule has 2 rings (SSSR count). The SMILES string of the molecule is Cc1ccc(C(=O)N(C)C[C@H]2CCCCO2)cc1OCCCN. The Labute approximate surface area is 138 Å². The van der Waals surface area contributed by atoms with Crippen LogP contribution >= 0.6 is 0 Å². The van der Waals surface area contributed by atoms with Crippen molar-refractivity contribution in [3.8, 4) is 5.75 Å². The van der Waals surface area contributed by atoms with Crippen LogP contribution in [0.25, 0.3) is 0 Å². The van der Waals surface area contributed by atoms with Crippen LogP contribution in [0, 0.1) is 6.92 Å². The van der Waals surface area contributed by atoms with Gasteiger partial charge in [0.1, 0.15) is 5.75 Å². The van der Waals surface area contributed by atoms with Crippen molar-refractivity contribution in [3.63, 3.8) is 0 Å². The highest BCUT2D eigenvalue weighted by Gasteiger charge is 2.20. The molecule has 0 unspecified atom stereocenters. The quantitative estimate of drug-likeness (QED) is 0.783. The predicted molar refractivity (Wildman–Crippen MR) is 90.9 cm³/mol. The van der Waals surface area contributed by atoms with Crippen molar-refractivity contribution in [1.82, 2.24) is 4.90 Å². The zero-order chi connectivity index (χ0) is 16.7. The summed E-state index contributed by atoms with van der Waals surface area (Å²) >= 11 is 0. The fraction of sp³-hybridized carbons (Fsp3) is 0.611. The highest BCUT2D eigenvalue weighted by atomic mass is 16.5. The number of ether oxygens (including phenoxy) is 2. The van der Waals surface area contributed by atoms with Crippen LogP contribution in [0.15, 0.2) is 18.2 Å². The zero-order valence-electron chi connectivity index (χ0n) is 14.2. The van der Waals surface area contributed by atoms with Crippen LogP contribution in [-0.4, -0.2) is 50.3 Å². The summed E-state index contributed by atoms with van der Waals surface area (Å²) in [6.45, 7) is 4.58. The molecule has 1 aliphatic heterocycles. The molecule has 1 amide bonds. The second kappa shape index (κ2) is 8.89. The Balaban J connectivity index is 1.98. The zero-order valence-corrected chi connectivity index (χ0v) is 14.2. The Kier molecular flexibility index (Phi) is 6.86. The number of carbonyl (C=O) groups excluding carboxylic acids is 1. The summed E-state index contributed by atoms with van der Waals surface area (Å²) < 4.78 is 11.4. The van der Waals surface area contributed by atoms with Crippen LogP contribution in [0.1, 0.15) is 41.6 Å². The summed E-state index contributed by atoms with van der Waals surface area (Å²) in [7, 11) is 1.83. The molecule has 1 fully saturated rings. The first kappa shape index (κ1) is 17.8. The number of nitrogens with zero attached hydrogens (tertiary/aromatic N) is 1. The van der Waals surface area contributed by atoms with Crippen molar-refractivity contribution in [1.29, 1.82) is 0 Å². The highest BCUT2D eigenvalue weighted by molar-refractivity contribution is 5.94. The largest absolute Gasteiger partial charge is 0.493 e. The summed E-state index contributed by atoms with van der Waals surface area (Å²) in [5.74, 6) is 0.759. The van der Waals surface area contributed by atoms with Gasteiger partial charge in [-0.25, -0.2) is 0 Å². The first-order valence-corrected chi connectivity index (χ1v) is 8.42. The van der Waals surface area contributed by atoms with Crippen molar-refractivity contribution in [2.75, 3.05) is 33.4 Å². The van der Waals surface area contributed by atoms with Crippen LogP contribution < -0.4 is 10.5 Å². The molecule has 0 radical (unpaired) electrons. The number of likely N-dealkylation sites (N-methyl/N-ethyl adjacent to an activating group) is 1. The maximum Gasteiger partial charge on any atom is 0.253 e. The maximum atomic E-state index is 12.6. The van der Waals surface area contributed by atoms with Gasteiger partial charge in [-0.15, -0.1) is 0 Å². The Bertz CT molecular complexity index is 513. The molecule has 0 saturated carbocycles. The van der Waals surface area contributed by atoms with Gasteiger partial charge >= 0.3 is 0 Å². The molecule has 2 N–H and O–H groups in total. The lowest BCUT2D eigenvalue weighted by Crippen LogP contribution is -2.37. The molecule has 1 saturated heterocycles. The molecule has 1 atom stereocenters. The Morgan fingerprint density at radius 3 is 2.96 bits per heavy atom. The number of amides is 1. The summed E-state index contributed by atoms with van der Waals surface area (Å²) in [5, 5.41) is 0. The summed E-state index contributed by atoms with van der Waals surface area (Å²) in [6.07, 6.45) is 4.28. The van der Waals surface area contributed by atoms with Gasteiger partial charge in [0.05, 0.1) is 12.7 Å². The Morgan fingerprint density at radius 2 is 2.26 bits per heavy atom. The smallest absolute Gasteiger partial charge is 0.253 e. The minimum Gasteiger partial charge on any atom is -0.493 e. The van der Waals surface area contributed by atoms with E-state index in [2.05, 4.69) is 0 Å². The van der Waals surface area contributed by atoms with E-state index in [0.29, 0.717) is 25.3 Å². The molecule has 1 aromatic carbocycles. The Morgan fingerprint density at radius 1 is 1.43 bits per heavy atom. The lowest BCUT2D eigenvalue weighted by Gasteiger charge is -2.27. The van der Waals surface area contributed by atoms with Crippen LogP contribution in [0.5, 0.6) is 5.75 Å². The van der Waals surface area contributed by atoms with Crippen molar-refractivity contribution >= 4 is 5.91 Å². The van der Waals surface area contributed by atoms with Gasteiger partial charge in [0, 0.05) is 25.8 Å². The molecule has 0 bridgehead atoms. The van der Waals surface area contributed by atoms with E-state index >= 15 is 0 Å². The molecule has 0 spiro atoms. The molecule has 5 heteroatoms. The summed E-state index contributed by atoms with van der Waals surface area (Å²) in [4.78, 5) is 14.3. The van der Waals surface area contributed by atoms with Gasteiger partial charge in [0.25, 0.3) is 5.91 Å². The minimum atomic E-state index is 0.00264. The van der Waals surface area contributed by atoms with Crippen LogP contribution in [0.4, 0.5) is 0 Å². The fourth-order valence-electron chi connectivity index (χ4n) is 2.71. The third-order valence-electron chi connectivity index (χ3n) is 4.14. The second-order valence-corrected chi connectivity index (χ2v) is 6.15. The monoisotopic (exact) mass is 320 g/mol. The van der Waals surface area contributed by atoms with Crippen LogP contribution in [0.3, 0.4) is 0 Å². The van der Waals surface area contributed by atoms with E-state index in [-0.39, 0.29) is 12.0 Å². The molecule has 1 aliphatic rings. The lowest BCUT2D eigenvalue weighted by molar-refractivity contribution is -0.000192. The van der Waals surface area contributed by atoms with Crippen LogP contribution in [-0.2, 0) is 4.74 Å². The number of hydrogen-bond acceptors (Lipinski definition) is 4. The van der Waals surface area contributed by atoms with Gasteiger partial charge in [0.2, 0.25) is 0 Å². The van der Waals surface area contributed by atoms with E-state index in [9.17, 15) is 4.79 Å². The van der Waals surface area contributed by atoms with E-state index < -0.39 is 0 Å². The molecule has 0 aliphatic carbocycles. The van der Waals surface area contributed by atoms with Gasteiger partial charge < -0.3 is 20.1 Å². The summed E-state index contributed by atoms with van der Waals surface area (Å²) in [6, 6.07) is 5.61. The third kappa shape index (κ3) is 5.22. The number of carbonyl (C=O) groups is 1. The average molecular weight is 320 g/mol. The van der Waals surface area contributed by atoms with Gasteiger partial charge in [-0.05, 0) is 56.8 Å². The van der Waals surface area contributed by atoms with Gasteiger partial charge in [-0.1, -0.05) is 6.07 Å². The molecule has 0 aromatic heterocycles. The number of nitrogens with two attached hydrogens (primary N) is 1. The third-order valence-corrected chi connectivity index (χ3v) is 4.14. The number of rotatable bonds is 7. The van der Waals surface area contributed by atoms with Crippen LogP contribution in [0.2, 0.25) is 0 Å². The van der Waals surface area contributed by atoms with Crippen molar-refractivity contribution in [2.24, 2.45) is 5.73 Å². The molecular formula is C18H28N2O3. The highest BCUT2D eigenvalue weighted by Crippen LogP contribution is 2.21. The van der Waals surface area contributed by atoms with Crippen molar-refractivity contribution in [3.05, 3.63) is 29.3 Å². The fourth-order valence-corrected chi connectivity index (χ4v) is 2.71. The van der Waals surface area contributed by atoms with Gasteiger partial charge in [0.15, 0.2) is 0 Å². The van der Waals surface area contributed by atoms with E-state index in [0.717, 1.165) is 37.2 Å². The van der Waals surface area contributed by atoms with E-state index in [1.54, 1.807) is 4.90 Å². The number of aryl methyl sites for hydroxylation is 1. The summed E-state index contributed by atoms with van der Waals surface area (Å²) in [5.41, 5.74) is 7.16.